The van der Waals surface area contributed by atoms with E-state index in [4.69, 9.17) is 15.2 Å². The number of rotatable bonds is 5. The zero-order valence-electron chi connectivity index (χ0n) is 9.79. The summed E-state index contributed by atoms with van der Waals surface area (Å²) in [6.45, 7) is 2.05. The van der Waals surface area contributed by atoms with Gasteiger partial charge < -0.3 is 15.2 Å². The van der Waals surface area contributed by atoms with Crippen molar-refractivity contribution in [3.8, 4) is 0 Å². The Hall–Kier alpha value is -0.510. The second-order valence-electron chi connectivity index (χ2n) is 3.87. The van der Waals surface area contributed by atoms with E-state index in [1.807, 2.05) is 0 Å². The second kappa shape index (κ2) is 6.09. The number of nitrogens with one attached hydrogen (secondary N) is 1. The number of hydrogen-bond acceptors (Lipinski definition) is 6. The lowest BCUT2D eigenvalue weighted by Gasteiger charge is -2.22. The molecule has 1 aliphatic heterocycles. The molecule has 0 aliphatic carbocycles. The maximum Gasteiger partial charge on any atom is 0.241 e. The molecule has 102 valence electrons. The molecule has 2 rings (SSSR count). The number of sulfonamides is 1. The zero-order valence-corrected chi connectivity index (χ0v) is 11.4. The molecule has 2 heterocycles. The highest BCUT2D eigenvalue weighted by molar-refractivity contribution is 7.89. The molecule has 1 atom stereocenters. The van der Waals surface area contributed by atoms with Crippen molar-refractivity contribution in [2.45, 2.75) is 17.5 Å². The molecule has 3 N–H and O–H groups in total. The average Bonchev–Trinajstić information content (AvgIpc) is 2.87. The van der Waals surface area contributed by atoms with Crippen molar-refractivity contribution >= 4 is 21.4 Å². The summed E-state index contributed by atoms with van der Waals surface area (Å²) in [5, 5.41) is 1.59. The summed E-state index contributed by atoms with van der Waals surface area (Å²) in [7, 11) is -3.48. The Labute approximate surface area is 110 Å². The monoisotopic (exact) mass is 292 g/mol. The Bertz CT molecular complexity index is 480. The molecular formula is C10H16N2O4S2. The minimum absolute atomic E-state index is 0.218. The molecule has 8 heteroatoms. The van der Waals surface area contributed by atoms with E-state index in [2.05, 4.69) is 4.72 Å². The van der Waals surface area contributed by atoms with E-state index in [0.717, 1.165) is 4.88 Å². The van der Waals surface area contributed by atoms with Gasteiger partial charge in [-0.3, -0.25) is 0 Å². The number of thiophene rings is 1. The average molecular weight is 292 g/mol. The standard InChI is InChI=1S/C10H16N2O4S2/c11-4-9-3-10(7-17-9)18(13,14)12-5-8-6-15-1-2-16-8/h3,7-8,12H,1-2,4-6,11H2. The lowest BCUT2D eigenvalue weighted by Crippen LogP contribution is -2.39. The van der Waals surface area contributed by atoms with E-state index in [0.29, 0.717) is 26.4 Å². The van der Waals surface area contributed by atoms with Gasteiger partial charge in [0.1, 0.15) is 0 Å². The van der Waals surface area contributed by atoms with Gasteiger partial charge in [-0.25, -0.2) is 13.1 Å². The molecule has 6 nitrogen and oxygen atoms in total. The van der Waals surface area contributed by atoms with E-state index in [1.165, 1.54) is 11.3 Å². The SMILES string of the molecule is NCc1cc(S(=O)(=O)NCC2COCCO2)cs1. The van der Waals surface area contributed by atoms with E-state index < -0.39 is 10.0 Å². The Morgan fingerprint density at radius 2 is 2.33 bits per heavy atom. The Balaban J connectivity index is 1.94. The van der Waals surface area contributed by atoms with Crippen LogP contribution in [-0.2, 0) is 26.0 Å². The molecule has 1 aliphatic rings. The van der Waals surface area contributed by atoms with E-state index in [1.54, 1.807) is 11.4 Å². The quantitative estimate of drug-likeness (QED) is 0.791. The summed E-state index contributed by atoms with van der Waals surface area (Å²) < 4.78 is 37.0. The summed E-state index contributed by atoms with van der Waals surface area (Å²) in [6, 6.07) is 1.59. The molecule has 0 amide bonds. The minimum atomic E-state index is -3.48. The molecule has 0 spiro atoms. The normalized spacial score (nSPS) is 21.1. The third-order valence-corrected chi connectivity index (χ3v) is 5.04. The Morgan fingerprint density at radius 3 is 2.94 bits per heavy atom. The van der Waals surface area contributed by atoms with Gasteiger partial charge in [0.2, 0.25) is 10.0 Å². The van der Waals surface area contributed by atoms with Crippen LogP contribution in [0.15, 0.2) is 16.3 Å². The molecule has 18 heavy (non-hydrogen) atoms. The summed E-state index contributed by atoms with van der Waals surface area (Å²) >= 11 is 1.34. The minimum Gasteiger partial charge on any atom is -0.376 e. The number of hydrogen-bond donors (Lipinski definition) is 2. The molecule has 0 saturated carbocycles. The molecule has 0 radical (unpaired) electrons. The van der Waals surface area contributed by atoms with Gasteiger partial charge in [-0.2, -0.15) is 0 Å². The van der Waals surface area contributed by atoms with E-state index in [-0.39, 0.29) is 17.5 Å². The highest BCUT2D eigenvalue weighted by atomic mass is 32.2. The van der Waals surface area contributed by atoms with Crippen molar-refractivity contribution in [3.05, 3.63) is 16.3 Å². The van der Waals surface area contributed by atoms with Crippen molar-refractivity contribution in [2.24, 2.45) is 5.73 Å². The van der Waals surface area contributed by atoms with Crippen molar-refractivity contribution in [3.63, 3.8) is 0 Å². The van der Waals surface area contributed by atoms with Crippen LogP contribution in [0, 0.1) is 0 Å². The van der Waals surface area contributed by atoms with Crippen molar-refractivity contribution in [1.82, 2.24) is 4.72 Å². The third-order valence-electron chi connectivity index (χ3n) is 2.53. The van der Waals surface area contributed by atoms with Gasteiger partial charge in [0, 0.05) is 23.3 Å². The van der Waals surface area contributed by atoms with Crippen molar-refractivity contribution < 1.29 is 17.9 Å². The largest absolute Gasteiger partial charge is 0.376 e. The van der Waals surface area contributed by atoms with Crippen LogP contribution in [0.25, 0.3) is 0 Å². The predicted molar refractivity (Wildman–Crippen MR) is 68.0 cm³/mol. The fraction of sp³-hybridized carbons (Fsp3) is 0.600. The fourth-order valence-corrected chi connectivity index (χ4v) is 3.77. The first-order chi connectivity index (χ1) is 8.62. The number of ether oxygens (including phenoxy) is 2. The molecule has 0 aromatic carbocycles. The van der Waals surface area contributed by atoms with E-state index in [9.17, 15) is 8.42 Å². The second-order valence-corrected chi connectivity index (χ2v) is 6.64. The van der Waals surface area contributed by atoms with Gasteiger partial charge in [0.15, 0.2) is 0 Å². The van der Waals surface area contributed by atoms with Crippen LogP contribution in [0.5, 0.6) is 0 Å². The Kier molecular flexibility index (Phi) is 4.71. The summed E-state index contributed by atoms with van der Waals surface area (Å²) in [5.74, 6) is 0. The molecule has 1 saturated heterocycles. The van der Waals surface area contributed by atoms with Crippen LogP contribution >= 0.6 is 11.3 Å². The van der Waals surface area contributed by atoms with Gasteiger partial charge in [0.25, 0.3) is 0 Å². The van der Waals surface area contributed by atoms with Crippen molar-refractivity contribution in [2.75, 3.05) is 26.4 Å². The van der Waals surface area contributed by atoms with Gasteiger partial charge >= 0.3 is 0 Å². The zero-order chi connectivity index (χ0) is 13.0. The topological polar surface area (TPSA) is 90.7 Å². The van der Waals surface area contributed by atoms with Crippen LogP contribution in [0.3, 0.4) is 0 Å². The summed E-state index contributed by atoms with van der Waals surface area (Å²) in [6.07, 6.45) is -0.221. The summed E-state index contributed by atoms with van der Waals surface area (Å²) in [4.78, 5) is 1.09. The summed E-state index contributed by atoms with van der Waals surface area (Å²) in [5.41, 5.74) is 5.46. The van der Waals surface area contributed by atoms with Crippen LogP contribution in [-0.4, -0.2) is 40.9 Å². The van der Waals surface area contributed by atoms with E-state index >= 15 is 0 Å². The molecule has 1 fully saturated rings. The molecular weight excluding hydrogens is 276 g/mol. The molecule has 1 aromatic heterocycles. The number of nitrogens with two attached hydrogens (primary N) is 1. The molecule has 0 bridgehead atoms. The Morgan fingerprint density at radius 1 is 1.50 bits per heavy atom. The van der Waals surface area contributed by atoms with Crippen LogP contribution in [0.1, 0.15) is 4.88 Å². The molecule has 1 unspecified atom stereocenters. The maximum atomic E-state index is 12.0. The first kappa shape index (κ1) is 13.9. The first-order valence-electron chi connectivity index (χ1n) is 5.58. The van der Waals surface area contributed by atoms with Gasteiger partial charge in [0.05, 0.1) is 30.8 Å². The van der Waals surface area contributed by atoms with Crippen LogP contribution in [0.4, 0.5) is 0 Å². The predicted octanol–water partition coefficient (Wildman–Crippen LogP) is -0.0995. The van der Waals surface area contributed by atoms with Gasteiger partial charge in [-0.05, 0) is 6.07 Å². The first-order valence-corrected chi connectivity index (χ1v) is 7.94. The van der Waals surface area contributed by atoms with Crippen LogP contribution < -0.4 is 10.5 Å². The van der Waals surface area contributed by atoms with Crippen molar-refractivity contribution in [1.29, 1.82) is 0 Å². The molecule has 1 aromatic rings. The van der Waals surface area contributed by atoms with Gasteiger partial charge in [-0.1, -0.05) is 0 Å². The highest BCUT2D eigenvalue weighted by Gasteiger charge is 2.20. The fourth-order valence-electron chi connectivity index (χ4n) is 1.55. The lowest BCUT2D eigenvalue weighted by atomic mass is 10.3. The third kappa shape index (κ3) is 3.50. The smallest absolute Gasteiger partial charge is 0.241 e. The maximum absolute atomic E-state index is 12.0. The lowest BCUT2D eigenvalue weighted by molar-refractivity contribution is -0.0846. The van der Waals surface area contributed by atoms with Crippen LogP contribution in [0.2, 0.25) is 0 Å². The highest BCUT2D eigenvalue weighted by Crippen LogP contribution is 2.18. The van der Waals surface area contributed by atoms with Gasteiger partial charge in [-0.15, -0.1) is 11.3 Å².